The summed E-state index contributed by atoms with van der Waals surface area (Å²) in [5.74, 6) is 0.996. The molecule has 2 heteroatoms. The van der Waals surface area contributed by atoms with Crippen LogP contribution in [0.1, 0.15) is 57.8 Å². The number of unbranched alkanes of at least 4 members (excludes halogenated alkanes) is 1. The molecule has 1 N–H and O–H groups in total. The normalized spacial score (nSPS) is 20.9. The van der Waals surface area contributed by atoms with Crippen LogP contribution in [-0.4, -0.2) is 11.2 Å². The average Bonchev–Trinajstić information content (AvgIpc) is 2.26. The minimum atomic E-state index is -0.215. The molecule has 0 aromatic heterocycles. The van der Waals surface area contributed by atoms with E-state index in [1.165, 1.54) is 51.4 Å². The number of hydrogen-bond acceptors (Lipinski definition) is 1. The fourth-order valence-electron chi connectivity index (χ4n) is 2.44. The molecule has 0 aliphatic heterocycles. The molecule has 1 aliphatic rings. The number of aliphatic hydroxyl groups is 1. The molecule has 1 unspecified atom stereocenters. The summed E-state index contributed by atoms with van der Waals surface area (Å²) in [5, 5.41) is 9.49. The van der Waals surface area contributed by atoms with Crippen molar-refractivity contribution in [3.05, 3.63) is 10.2 Å². The van der Waals surface area contributed by atoms with Crippen molar-refractivity contribution in [3.8, 4) is 0 Å². The third-order valence-corrected chi connectivity index (χ3v) is 3.80. The minimum Gasteiger partial charge on any atom is -0.389 e. The van der Waals surface area contributed by atoms with Crippen LogP contribution in [0.4, 0.5) is 0 Å². The van der Waals surface area contributed by atoms with Crippen molar-refractivity contribution >= 4 is 22.6 Å². The van der Waals surface area contributed by atoms with E-state index >= 15 is 0 Å². The molecule has 0 aromatic rings. The van der Waals surface area contributed by atoms with Crippen LogP contribution < -0.4 is 0 Å². The van der Waals surface area contributed by atoms with Crippen molar-refractivity contribution in [1.29, 1.82) is 0 Å². The van der Waals surface area contributed by atoms with Gasteiger partial charge in [-0.25, -0.2) is 0 Å². The first-order valence-corrected chi connectivity index (χ1v) is 7.52. The highest BCUT2D eigenvalue weighted by atomic mass is 127. The van der Waals surface area contributed by atoms with Crippen LogP contribution in [0.15, 0.2) is 10.2 Å². The lowest BCUT2D eigenvalue weighted by Gasteiger charge is -2.21. The Balaban J connectivity index is 1.96. The summed E-state index contributed by atoms with van der Waals surface area (Å²) in [6, 6.07) is 0. The van der Waals surface area contributed by atoms with Gasteiger partial charge in [0.15, 0.2) is 0 Å². The van der Waals surface area contributed by atoms with Gasteiger partial charge < -0.3 is 5.11 Å². The SMILES string of the molecule is OC(/C=C/I)CCCCC1CCCCC1. The Kier molecular flexibility index (Phi) is 7.71. The maximum Gasteiger partial charge on any atom is 0.0728 e. The van der Waals surface area contributed by atoms with Gasteiger partial charge in [0.25, 0.3) is 0 Å². The van der Waals surface area contributed by atoms with Crippen molar-refractivity contribution < 1.29 is 5.11 Å². The molecule has 1 nitrogen and oxygen atoms in total. The van der Waals surface area contributed by atoms with E-state index in [2.05, 4.69) is 22.6 Å². The summed E-state index contributed by atoms with van der Waals surface area (Å²) in [4.78, 5) is 0. The van der Waals surface area contributed by atoms with Gasteiger partial charge in [0.1, 0.15) is 0 Å². The Morgan fingerprint density at radius 1 is 1.20 bits per heavy atom. The maximum atomic E-state index is 9.49. The first kappa shape index (κ1) is 13.5. The number of rotatable bonds is 6. The van der Waals surface area contributed by atoms with E-state index in [0.29, 0.717) is 0 Å². The molecule has 0 radical (unpaired) electrons. The summed E-state index contributed by atoms with van der Waals surface area (Å²) in [6.45, 7) is 0. The molecule has 1 fully saturated rings. The van der Waals surface area contributed by atoms with Crippen LogP contribution >= 0.6 is 22.6 Å². The quantitative estimate of drug-likeness (QED) is 0.566. The number of hydrogen-bond donors (Lipinski definition) is 1. The van der Waals surface area contributed by atoms with E-state index in [1.54, 1.807) is 0 Å². The Bertz CT molecular complexity index is 173. The van der Waals surface area contributed by atoms with Crippen molar-refractivity contribution in [2.75, 3.05) is 0 Å². The topological polar surface area (TPSA) is 20.2 Å². The van der Waals surface area contributed by atoms with E-state index in [4.69, 9.17) is 0 Å². The Labute approximate surface area is 107 Å². The van der Waals surface area contributed by atoms with Crippen LogP contribution in [0.3, 0.4) is 0 Å². The molecule has 0 bridgehead atoms. The van der Waals surface area contributed by atoms with Gasteiger partial charge in [-0.2, -0.15) is 0 Å². The standard InChI is InChI=1S/C13H23IO/c14-11-10-13(15)9-5-4-8-12-6-2-1-3-7-12/h10-13,15H,1-9H2/b11-10+. The molecule has 15 heavy (non-hydrogen) atoms. The van der Waals surface area contributed by atoms with Gasteiger partial charge in [-0.05, 0) is 16.4 Å². The molecule has 0 saturated heterocycles. The first-order valence-electron chi connectivity index (χ1n) is 6.28. The second kappa shape index (κ2) is 8.57. The highest BCUT2D eigenvalue weighted by molar-refractivity contribution is 14.1. The number of aliphatic hydroxyl groups excluding tert-OH is 1. The third-order valence-electron chi connectivity index (χ3n) is 3.38. The molecular formula is C13H23IO. The van der Waals surface area contributed by atoms with Crippen LogP contribution in [0.5, 0.6) is 0 Å². The van der Waals surface area contributed by atoms with Crippen molar-refractivity contribution in [3.63, 3.8) is 0 Å². The molecule has 0 aromatic carbocycles. The van der Waals surface area contributed by atoms with Crippen LogP contribution in [0, 0.1) is 5.92 Å². The van der Waals surface area contributed by atoms with Crippen molar-refractivity contribution in [2.45, 2.75) is 63.9 Å². The van der Waals surface area contributed by atoms with Gasteiger partial charge >= 0.3 is 0 Å². The molecule has 1 rings (SSSR count). The van der Waals surface area contributed by atoms with Gasteiger partial charge in [-0.3, -0.25) is 0 Å². The van der Waals surface area contributed by atoms with Gasteiger partial charge in [-0.15, -0.1) is 0 Å². The van der Waals surface area contributed by atoms with E-state index in [0.717, 1.165) is 12.3 Å². The Hall–Kier alpha value is 0.430. The zero-order valence-electron chi connectivity index (χ0n) is 9.50. The molecular weight excluding hydrogens is 299 g/mol. The van der Waals surface area contributed by atoms with Gasteiger partial charge in [-0.1, -0.05) is 80.0 Å². The summed E-state index contributed by atoms with van der Waals surface area (Å²) in [7, 11) is 0. The summed E-state index contributed by atoms with van der Waals surface area (Å²) >= 11 is 2.16. The molecule has 1 aliphatic carbocycles. The highest BCUT2D eigenvalue weighted by Crippen LogP contribution is 2.27. The average molecular weight is 322 g/mol. The predicted molar refractivity (Wildman–Crippen MR) is 74.2 cm³/mol. The smallest absolute Gasteiger partial charge is 0.0728 e. The Morgan fingerprint density at radius 2 is 1.93 bits per heavy atom. The van der Waals surface area contributed by atoms with E-state index in [1.807, 2.05) is 10.2 Å². The fourth-order valence-corrected chi connectivity index (χ4v) is 2.92. The molecule has 0 amide bonds. The molecule has 1 atom stereocenters. The lowest BCUT2D eigenvalue weighted by atomic mass is 9.85. The van der Waals surface area contributed by atoms with Crippen LogP contribution in [-0.2, 0) is 0 Å². The highest BCUT2D eigenvalue weighted by Gasteiger charge is 2.12. The second-order valence-electron chi connectivity index (χ2n) is 4.67. The second-order valence-corrected chi connectivity index (χ2v) is 5.39. The van der Waals surface area contributed by atoms with Gasteiger partial charge in [0.05, 0.1) is 6.10 Å². The summed E-state index contributed by atoms with van der Waals surface area (Å²) in [5.41, 5.74) is 0. The molecule has 0 heterocycles. The summed E-state index contributed by atoms with van der Waals surface area (Å²) < 4.78 is 1.91. The van der Waals surface area contributed by atoms with Gasteiger partial charge in [0, 0.05) is 0 Å². The lowest BCUT2D eigenvalue weighted by Crippen LogP contribution is -2.07. The fraction of sp³-hybridized carbons (Fsp3) is 0.846. The van der Waals surface area contributed by atoms with E-state index in [-0.39, 0.29) is 6.10 Å². The van der Waals surface area contributed by atoms with Crippen molar-refractivity contribution in [2.24, 2.45) is 5.92 Å². The van der Waals surface area contributed by atoms with Crippen LogP contribution in [0.25, 0.3) is 0 Å². The lowest BCUT2D eigenvalue weighted by molar-refractivity contribution is 0.206. The Morgan fingerprint density at radius 3 is 2.60 bits per heavy atom. The monoisotopic (exact) mass is 322 g/mol. The molecule has 1 saturated carbocycles. The van der Waals surface area contributed by atoms with Crippen LogP contribution in [0.2, 0.25) is 0 Å². The maximum absolute atomic E-state index is 9.49. The van der Waals surface area contributed by atoms with E-state index in [9.17, 15) is 5.11 Å². The zero-order chi connectivity index (χ0) is 10.9. The third kappa shape index (κ3) is 6.56. The zero-order valence-corrected chi connectivity index (χ0v) is 11.7. The van der Waals surface area contributed by atoms with Gasteiger partial charge in [0.2, 0.25) is 0 Å². The van der Waals surface area contributed by atoms with E-state index < -0.39 is 0 Å². The molecule has 0 spiro atoms. The predicted octanol–water partition coefficient (Wildman–Crippen LogP) is 4.44. The molecule has 88 valence electrons. The number of halogens is 1. The minimum absolute atomic E-state index is 0.215. The largest absolute Gasteiger partial charge is 0.389 e. The van der Waals surface area contributed by atoms with Crippen molar-refractivity contribution in [1.82, 2.24) is 0 Å². The summed E-state index contributed by atoms with van der Waals surface area (Å²) in [6.07, 6.45) is 13.7. The first-order chi connectivity index (χ1) is 7.33.